The summed E-state index contributed by atoms with van der Waals surface area (Å²) in [6, 6.07) is 10.1. The van der Waals surface area contributed by atoms with Gasteiger partial charge >= 0.3 is 6.09 Å². The van der Waals surface area contributed by atoms with Crippen LogP contribution in [-0.2, 0) is 23.6 Å². The lowest BCUT2D eigenvalue weighted by Gasteiger charge is -2.45. The molecule has 1 saturated carbocycles. The third-order valence-corrected chi connectivity index (χ3v) is 4.88. The van der Waals surface area contributed by atoms with Crippen LogP contribution >= 0.6 is 0 Å². The van der Waals surface area contributed by atoms with Crippen LogP contribution < -0.4 is 5.32 Å². The van der Waals surface area contributed by atoms with Crippen LogP contribution in [0.5, 0.6) is 0 Å². The van der Waals surface area contributed by atoms with Crippen LogP contribution in [0.25, 0.3) is 0 Å². The van der Waals surface area contributed by atoms with E-state index in [9.17, 15) is 10.1 Å². The van der Waals surface area contributed by atoms with Gasteiger partial charge in [-0.25, -0.2) is 4.79 Å². The number of hydrogen-bond donors (Lipinski definition) is 1. The first-order valence-corrected chi connectivity index (χ1v) is 9.04. The van der Waals surface area contributed by atoms with Crippen molar-refractivity contribution in [1.29, 1.82) is 5.26 Å². The Bertz CT molecular complexity index is 869. The van der Waals surface area contributed by atoms with Gasteiger partial charge in [-0.15, -0.1) is 10.2 Å². The molecule has 1 aliphatic rings. The van der Waals surface area contributed by atoms with E-state index in [0.717, 1.165) is 24.2 Å². The first kappa shape index (κ1) is 18.9. The summed E-state index contributed by atoms with van der Waals surface area (Å²) in [4.78, 5) is 12.1. The van der Waals surface area contributed by atoms with Crippen LogP contribution in [0.3, 0.4) is 0 Å². The Morgan fingerprint density at radius 2 is 2.19 bits per heavy atom. The smallest absolute Gasteiger partial charge is 0.412 e. The van der Waals surface area contributed by atoms with E-state index in [1.54, 1.807) is 6.33 Å². The van der Waals surface area contributed by atoms with Gasteiger partial charge in [-0.2, -0.15) is 5.26 Å². The molecule has 0 radical (unpaired) electrons. The second-order valence-electron chi connectivity index (χ2n) is 8.26. The minimum atomic E-state index is -0.553. The number of ether oxygens (including phenoxy) is 1. The van der Waals surface area contributed by atoms with Crippen molar-refractivity contribution in [2.45, 2.75) is 51.0 Å². The van der Waals surface area contributed by atoms with E-state index in [1.165, 1.54) is 0 Å². The fourth-order valence-electron chi connectivity index (χ4n) is 3.58. The van der Waals surface area contributed by atoms with Crippen molar-refractivity contribution < 1.29 is 9.53 Å². The highest BCUT2D eigenvalue weighted by Gasteiger charge is 2.46. The Hall–Kier alpha value is -2.88. The van der Waals surface area contributed by atoms with E-state index < -0.39 is 11.7 Å². The number of carbonyl (C=O) groups excluding carboxylic acids is 1. The lowest BCUT2D eigenvalue weighted by molar-refractivity contribution is 0.0636. The van der Waals surface area contributed by atoms with Crippen LogP contribution in [0.1, 0.15) is 45.0 Å². The quantitative estimate of drug-likeness (QED) is 0.891. The molecule has 0 unspecified atom stereocenters. The van der Waals surface area contributed by atoms with Gasteiger partial charge in [0.25, 0.3) is 0 Å². The van der Waals surface area contributed by atoms with E-state index in [1.807, 2.05) is 56.7 Å². The fourth-order valence-corrected chi connectivity index (χ4v) is 3.58. The summed E-state index contributed by atoms with van der Waals surface area (Å²) in [5.41, 5.74) is 1.04. The highest BCUT2D eigenvalue weighted by atomic mass is 16.6. The Morgan fingerprint density at radius 3 is 2.78 bits per heavy atom. The molecule has 1 aromatic heterocycles. The number of nitriles is 1. The number of amides is 1. The van der Waals surface area contributed by atoms with E-state index in [-0.39, 0.29) is 11.3 Å². The molecule has 1 amide bonds. The van der Waals surface area contributed by atoms with E-state index in [2.05, 4.69) is 21.6 Å². The van der Waals surface area contributed by atoms with Crippen molar-refractivity contribution in [3.05, 3.63) is 42.0 Å². The van der Waals surface area contributed by atoms with Crippen molar-refractivity contribution in [2.75, 3.05) is 5.32 Å². The second kappa shape index (κ2) is 7.03. The Balaban J connectivity index is 1.83. The molecule has 1 N–H and O–H groups in total. The van der Waals surface area contributed by atoms with Gasteiger partial charge in [-0.05, 0) is 51.3 Å². The lowest BCUT2D eigenvalue weighted by Crippen LogP contribution is -2.43. The maximum absolute atomic E-state index is 12.1. The number of hydrogen-bond acceptors (Lipinski definition) is 5. The number of benzene rings is 1. The summed E-state index contributed by atoms with van der Waals surface area (Å²) in [5, 5.41) is 20.2. The largest absolute Gasteiger partial charge is 0.444 e. The number of aryl methyl sites for hydroxylation is 1. The van der Waals surface area contributed by atoms with Crippen LogP contribution in [0.15, 0.2) is 30.6 Å². The molecule has 0 saturated heterocycles. The fraction of sp³-hybridized carbons (Fsp3) is 0.500. The van der Waals surface area contributed by atoms with Crippen molar-refractivity contribution in [3.8, 4) is 6.07 Å². The van der Waals surface area contributed by atoms with Crippen molar-refractivity contribution >= 4 is 11.8 Å². The summed E-state index contributed by atoms with van der Waals surface area (Å²) in [6.07, 6.45) is 3.45. The van der Waals surface area contributed by atoms with Crippen molar-refractivity contribution in [1.82, 2.24) is 14.8 Å². The van der Waals surface area contributed by atoms with E-state index in [4.69, 9.17) is 4.74 Å². The number of nitrogens with zero attached hydrogens (tertiary/aromatic N) is 4. The number of rotatable bonds is 4. The van der Waals surface area contributed by atoms with Gasteiger partial charge in [0.05, 0.1) is 6.07 Å². The van der Waals surface area contributed by atoms with Gasteiger partial charge in [0.1, 0.15) is 17.8 Å². The molecular formula is C20H25N5O2. The van der Waals surface area contributed by atoms with Gasteiger partial charge in [-0.1, -0.05) is 12.1 Å². The van der Waals surface area contributed by atoms with Crippen LogP contribution in [-0.4, -0.2) is 26.5 Å². The van der Waals surface area contributed by atoms with Crippen molar-refractivity contribution in [2.24, 2.45) is 13.0 Å². The zero-order valence-electron chi connectivity index (χ0n) is 16.2. The van der Waals surface area contributed by atoms with Gasteiger partial charge in [0.2, 0.25) is 0 Å². The Labute approximate surface area is 159 Å². The topological polar surface area (TPSA) is 92.8 Å². The number of anilines is 1. The van der Waals surface area contributed by atoms with Gasteiger partial charge in [0, 0.05) is 30.5 Å². The Morgan fingerprint density at radius 1 is 1.44 bits per heavy atom. The van der Waals surface area contributed by atoms with E-state index >= 15 is 0 Å². The number of aromatic nitrogens is 3. The molecule has 3 rings (SSSR count). The standard InChI is InChI=1S/C20H25N5O2/c1-19(2,3)27-18(26)23-16-7-5-6-15(8-16)20(9-14(10-20)12-21)11-17-24-22-13-25(17)4/h5-8,13-14H,9-11H2,1-4H3,(H,23,26). The highest BCUT2D eigenvalue weighted by molar-refractivity contribution is 5.85. The molecule has 2 aromatic rings. The maximum atomic E-state index is 12.1. The third kappa shape index (κ3) is 4.27. The zero-order valence-corrected chi connectivity index (χ0v) is 16.2. The van der Waals surface area contributed by atoms with Crippen molar-refractivity contribution in [3.63, 3.8) is 0 Å². The predicted molar refractivity (Wildman–Crippen MR) is 101 cm³/mol. The minimum Gasteiger partial charge on any atom is -0.444 e. The molecule has 7 nitrogen and oxygen atoms in total. The van der Waals surface area contributed by atoms with Crippen LogP contribution in [0, 0.1) is 17.2 Å². The van der Waals surface area contributed by atoms with Crippen LogP contribution in [0.2, 0.25) is 0 Å². The average Bonchev–Trinajstić information content (AvgIpc) is 2.93. The summed E-state index contributed by atoms with van der Waals surface area (Å²) in [7, 11) is 1.92. The molecule has 1 aromatic carbocycles. The normalized spacial score (nSPS) is 21.8. The summed E-state index contributed by atoms with van der Waals surface area (Å²) in [6.45, 7) is 5.49. The Kier molecular flexibility index (Phi) is 4.92. The molecule has 0 spiro atoms. The van der Waals surface area contributed by atoms with Gasteiger partial charge in [0.15, 0.2) is 0 Å². The lowest BCUT2D eigenvalue weighted by atomic mass is 9.57. The van der Waals surface area contributed by atoms with Gasteiger partial charge < -0.3 is 9.30 Å². The minimum absolute atomic E-state index is 0.0423. The molecule has 7 heteroatoms. The molecule has 142 valence electrons. The van der Waals surface area contributed by atoms with Crippen LogP contribution in [0.4, 0.5) is 10.5 Å². The third-order valence-electron chi connectivity index (χ3n) is 4.88. The first-order valence-electron chi connectivity index (χ1n) is 9.04. The van der Waals surface area contributed by atoms with Gasteiger partial charge in [-0.3, -0.25) is 5.32 Å². The van der Waals surface area contributed by atoms with E-state index in [0.29, 0.717) is 12.1 Å². The summed E-state index contributed by atoms with van der Waals surface area (Å²) in [5.74, 6) is 0.928. The predicted octanol–water partition coefficient (Wildman–Crippen LogP) is 3.58. The number of nitrogens with one attached hydrogen (secondary N) is 1. The highest BCUT2D eigenvalue weighted by Crippen LogP contribution is 2.49. The first-order chi connectivity index (χ1) is 12.7. The monoisotopic (exact) mass is 367 g/mol. The SMILES string of the molecule is Cn1cnnc1CC1(c2cccc(NC(=O)OC(C)(C)C)c2)CC(C#N)C1. The summed E-state index contributed by atoms with van der Waals surface area (Å²) >= 11 is 0. The average molecular weight is 367 g/mol. The zero-order chi connectivity index (χ0) is 19.7. The number of carbonyl (C=O) groups is 1. The molecule has 0 aliphatic heterocycles. The summed E-state index contributed by atoms with van der Waals surface area (Å²) < 4.78 is 7.24. The maximum Gasteiger partial charge on any atom is 0.412 e. The molecule has 1 heterocycles. The molecule has 1 fully saturated rings. The molecule has 1 aliphatic carbocycles. The molecule has 0 atom stereocenters. The molecule has 27 heavy (non-hydrogen) atoms. The molecular weight excluding hydrogens is 342 g/mol. The second-order valence-corrected chi connectivity index (χ2v) is 8.26. The molecule has 0 bridgehead atoms.